The maximum Gasteiger partial charge on any atom is 0.415 e. The molecule has 0 unspecified atom stereocenters. The SMILES string of the molecule is CCc1nn2cc(F)c(N3CC4(CN(C(=O)Oc5ccc([N+](=O)[O-])cc5)C4)C3)cc2c1N(C)c1nc(-c2ccc(F)cc2)c(C#N)s1. The molecule has 2 aliphatic rings. The van der Waals surface area contributed by atoms with Crippen LogP contribution in [0.5, 0.6) is 5.75 Å². The average Bonchev–Trinajstić information content (AvgIpc) is 3.61. The van der Waals surface area contributed by atoms with Crippen LogP contribution < -0.4 is 14.5 Å². The fraction of sp³-hybridized carbons (Fsp3) is 0.250. The van der Waals surface area contributed by atoms with E-state index in [0.717, 1.165) is 11.4 Å². The first-order valence-electron chi connectivity index (χ1n) is 14.7. The smallest absolute Gasteiger partial charge is 0.410 e. The van der Waals surface area contributed by atoms with E-state index >= 15 is 4.39 Å². The van der Waals surface area contributed by atoms with Crippen molar-refractivity contribution in [1.29, 1.82) is 5.26 Å². The summed E-state index contributed by atoms with van der Waals surface area (Å²) in [6, 6.07) is 15.1. The van der Waals surface area contributed by atoms with Crippen molar-refractivity contribution < 1.29 is 23.2 Å². The lowest BCUT2D eigenvalue weighted by molar-refractivity contribution is -0.384. The predicted octanol–water partition coefficient (Wildman–Crippen LogP) is 6.17. The summed E-state index contributed by atoms with van der Waals surface area (Å²) in [5.41, 5.74) is 3.33. The minimum atomic E-state index is -0.543. The normalized spacial score (nSPS) is 14.9. The first-order valence-corrected chi connectivity index (χ1v) is 15.5. The molecule has 5 aromatic rings. The number of aryl methyl sites for hydroxylation is 1. The van der Waals surface area contributed by atoms with Gasteiger partial charge < -0.3 is 19.4 Å². The van der Waals surface area contributed by atoms with Gasteiger partial charge in [0.15, 0.2) is 10.9 Å². The Bertz CT molecular complexity index is 2080. The highest BCUT2D eigenvalue weighted by Gasteiger charge is 2.54. The number of non-ortho nitro benzene ring substituents is 1. The van der Waals surface area contributed by atoms with E-state index in [4.69, 9.17) is 9.72 Å². The zero-order valence-electron chi connectivity index (χ0n) is 25.2. The fourth-order valence-electron chi connectivity index (χ4n) is 6.19. The van der Waals surface area contributed by atoms with E-state index in [9.17, 15) is 24.6 Å². The van der Waals surface area contributed by atoms with Gasteiger partial charge in [0.05, 0.1) is 33.7 Å². The molecule has 3 aromatic heterocycles. The Morgan fingerprint density at radius 1 is 1.15 bits per heavy atom. The van der Waals surface area contributed by atoms with Crippen LogP contribution in [0.25, 0.3) is 16.8 Å². The van der Waals surface area contributed by atoms with Crippen molar-refractivity contribution >= 4 is 45.1 Å². The third-order valence-electron chi connectivity index (χ3n) is 8.49. The second-order valence-corrected chi connectivity index (χ2v) is 12.6. The molecule has 0 bridgehead atoms. The van der Waals surface area contributed by atoms with Gasteiger partial charge >= 0.3 is 6.09 Å². The number of halogens is 2. The summed E-state index contributed by atoms with van der Waals surface area (Å²) in [7, 11) is 1.82. The number of ether oxygens (including phenoxy) is 1. The molecule has 5 heterocycles. The van der Waals surface area contributed by atoms with Gasteiger partial charge in [0.2, 0.25) is 0 Å². The molecule has 0 radical (unpaired) electrons. The first-order chi connectivity index (χ1) is 22.6. The van der Waals surface area contributed by atoms with Crippen LogP contribution in [0.2, 0.25) is 0 Å². The molecule has 2 fully saturated rings. The van der Waals surface area contributed by atoms with Gasteiger partial charge in [-0.2, -0.15) is 10.4 Å². The van der Waals surface area contributed by atoms with Gasteiger partial charge in [-0.3, -0.25) is 10.1 Å². The fourth-order valence-corrected chi connectivity index (χ4v) is 7.05. The van der Waals surface area contributed by atoms with Gasteiger partial charge in [-0.1, -0.05) is 18.3 Å². The molecule has 1 amide bonds. The van der Waals surface area contributed by atoms with Crippen LogP contribution in [0.1, 0.15) is 17.5 Å². The van der Waals surface area contributed by atoms with E-state index in [1.807, 2.05) is 23.8 Å². The largest absolute Gasteiger partial charge is 0.415 e. The molecule has 0 saturated carbocycles. The Labute approximate surface area is 270 Å². The highest BCUT2D eigenvalue weighted by atomic mass is 32.1. The number of pyridine rings is 1. The van der Waals surface area contributed by atoms with Crippen molar-refractivity contribution in [2.75, 3.05) is 43.0 Å². The molecule has 2 aromatic carbocycles. The molecule has 47 heavy (non-hydrogen) atoms. The molecule has 7 rings (SSSR count). The Morgan fingerprint density at radius 2 is 1.85 bits per heavy atom. The maximum atomic E-state index is 15.5. The average molecular weight is 657 g/mol. The maximum absolute atomic E-state index is 15.5. The Balaban J connectivity index is 1.08. The number of likely N-dealkylation sites (tertiary alicyclic amines) is 1. The van der Waals surface area contributed by atoms with Crippen molar-refractivity contribution in [2.24, 2.45) is 5.41 Å². The zero-order valence-corrected chi connectivity index (χ0v) is 26.0. The number of carbonyl (C=O) groups excluding carboxylic acids is 1. The summed E-state index contributed by atoms with van der Waals surface area (Å²) in [5.74, 6) is -0.597. The lowest BCUT2D eigenvalue weighted by Crippen LogP contribution is -2.73. The Kier molecular flexibility index (Phi) is 7.24. The van der Waals surface area contributed by atoms with Gasteiger partial charge in [0.25, 0.3) is 5.69 Å². The summed E-state index contributed by atoms with van der Waals surface area (Å²) in [5, 5.41) is 25.8. The quantitative estimate of drug-likeness (QED) is 0.149. The molecule has 1 spiro atoms. The van der Waals surface area contributed by atoms with E-state index in [2.05, 4.69) is 11.2 Å². The number of fused-ring (bicyclic) bond motifs is 1. The van der Waals surface area contributed by atoms with Crippen LogP contribution in [0.4, 0.5) is 35.8 Å². The third-order valence-corrected chi connectivity index (χ3v) is 9.53. The Morgan fingerprint density at radius 3 is 2.49 bits per heavy atom. The van der Waals surface area contributed by atoms with Crippen molar-refractivity contribution in [3.8, 4) is 23.1 Å². The molecule has 0 N–H and O–H groups in total. The van der Waals surface area contributed by atoms with Gasteiger partial charge in [0.1, 0.15) is 28.2 Å². The summed E-state index contributed by atoms with van der Waals surface area (Å²) in [6.45, 7) is 3.93. The summed E-state index contributed by atoms with van der Waals surface area (Å²) >= 11 is 1.21. The number of aromatic nitrogens is 3. The molecule has 0 aliphatic carbocycles. The number of thiazole rings is 1. The highest BCUT2D eigenvalue weighted by Crippen LogP contribution is 2.44. The second-order valence-electron chi connectivity index (χ2n) is 11.7. The number of carbonyl (C=O) groups is 1. The van der Waals surface area contributed by atoms with Crippen LogP contribution in [0, 0.1) is 38.5 Å². The molecule has 15 heteroatoms. The number of benzene rings is 2. The molecular formula is C32H26F2N8O4S. The Hall–Kier alpha value is -5.62. The number of hydrogen-bond donors (Lipinski definition) is 0. The van der Waals surface area contributed by atoms with Gasteiger partial charge in [-0.25, -0.2) is 23.1 Å². The topological polar surface area (TPSA) is 133 Å². The van der Waals surface area contributed by atoms with Crippen LogP contribution in [0.3, 0.4) is 0 Å². The number of nitro benzene ring substituents is 1. The monoisotopic (exact) mass is 656 g/mol. The minimum absolute atomic E-state index is 0.0966. The molecular weight excluding hydrogens is 630 g/mol. The highest BCUT2D eigenvalue weighted by molar-refractivity contribution is 7.16. The number of rotatable bonds is 7. The third kappa shape index (κ3) is 5.26. The summed E-state index contributed by atoms with van der Waals surface area (Å²) in [4.78, 5) is 33.4. The van der Waals surface area contributed by atoms with Crippen molar-refractivity contribution in [1.82, 2.24) is 19.5 Å². The zero-order chi connectivity index (χ0) is 33.0. The van der Waals surface area contributed by atoms with E-state index < -0.39 is 16.8 Å². The van der Waals surface area contributed by atoms with Gasteiger partial charge in [-0.15, -0.1) is 0 Å². The van der Waals surface area contributed by atoms with Gasteiger partial charge in [-0.05, 0) is 48.9 Å². The van der Waals surface area contributed by atoms with Crippen molar-refractivity contribution in [3.63, 3.8) is 0 Å². The molecule has 238 valence electrons. The summed E-state index contributed by atoms with van der Waals surface area (Å²) in [6.07, 6.45) is 1.38. The number of nitrogens with zero attached hydrogens (tertiary/aromatic N) is 8. The van der Waals surface area contributed by atoms with Crippen LogP contribution in [0.15, 0.2) is 60.8 Å². The lowest BCUT2D eigenvalue weighted by atomic mass is 9.73. The number of hydrogen-bond acceptors (Lipinski definition) is 10. The molecule has 0 atom stereocenters. The molecule has 2 aliphatic heterocycles. The second kappa shape index (κ2) is 11.3. The lowest BCUT2D eigenvalue weighted by Gasteiger charge is -2.60. The number of nitro groups is 1. The first kappa shape index (κ1) is 30.1. The van der Waals surface area contributed by atoms with Crippen LogP contribution in [-0.4, -0.2) is 63.7 Å². The van der Waals surface area contributed by atoms with E-state index in [-0.39, 0.29) is 22.7 Å². The number of anilines is 3. The van der Waals surface area contributed by atoms with Crippen molar-refractivity contribution in [2.45, 2.75) is 13.3 Å². The number of amides is 1. The van der Waals surface area contributed by atoms with Crippen LogP contribution >= 0.6 is 11.3 Å². The van der Waals surface area contributed by atoms with E-state index in [1.165, 1.54) is 58.4 Å². The van der Waals surface area contributed by atoms with Crippen molar-refractivity contribution in [3.05, 3.63) is 93.1 Å². The minimum Gasteiger partial charge on any atom is -0.410 e. The standard InChI is InChI=1S/C32H26F2N8O4S/c1-3-24-29(38(2)30-36-28(27(13-35)47-30)19-4-6-20(33)7-5-19)26-12-25(23(34)14-41(26)37-24)39-15-32(16-39)17-40(18-32)31(43)46-22-10-8-21(9-11-22)42(44)45/h4-12,14H,3,15-18H2,1-2H3. The van der Waals surface area contributed by atoms with E-state index in [0.29, 0.717) is 65.1 Å². The predicted molar refractivity (Wildman–Crippen MR) is 170 cm³/mol. The number of nitriles is 1. The van der Waals surface area contributed by atoms with Gasteiger partial charge in [0, 0.05) is 56.3 Å². The molecule has 2 saturated heterocycles. The summed E-state index contributed by atoms with van der Waals surface area (Å²) < 4.78 is 35.9. The molecule has 12 nitrogen and oxygen atoms in total. The van der Waals surface area contributed by atoms with Crippen LogP contribution in [-0.2, 0) is 6.42 Å². The van der Waals surface area contributed by atoms with E-state index in [1.54, 1.807) is 23.1 Å².